The number of nitrogens with zero attached hydrogens (tertiary/aromatic N) is 1. The van der Waals surface area contributed by atoms with Crippen molar-refractivity contribution in [2.45, 2.75) is 53.5 Å². The Morgan fingerprint density at radius 3 is 2.33 bits per heavy atom. The number of hydrogen-bond donors (Lipinski definition) is 0. The van der Waals surface area contributed by atoms with E-state index in [0.29, 0.717) is 13.2 Å². The number of ether oxygens (including phenoxy) is 2. The summed E-state index contributed by atoms with van der Waals surface area (Å²) in [4.78, 5) is 25.8. The maximum absolute atomic E-state index is 12.6. The molecule has 0 unspecified atom stereocenters. The van der Waals surface area contributed by atoms with Crippen molar-refractivity contribution in [3.05, 3.63) is 29.3 Å². The van der Waals surface area contributed by atoms with Crippen LogP contribution in [0.1, 0.15) is 44.7 Å². The number of esters is 1. The number of amides is 1. The fraction of sp³-hybridized carbons (Fsp3) is 0.579. The van der Waals surface area contributed by atoms with Gasteiger partial charge in [0.1, 0.15) is 5.75 Å². The highest BCUT2D eigenvalue weighted by Gasteiger charge is 2.21. The molecule has 1 amide bonds. The molecule has 0 aromatic heterocycles. The molecule has 0 radical (unpaired) electrons. The van der Waals surface area contributed by atoms with E-state index in [1.807, 2.05) is 45.9 Å². The molecule has 0 saturated carbocycles. The third-order valence-electron chi connectivity index (χ3n) is 4.05. The summed E-state index contributed by atoms with van der Waals surface area (Å²) in [5.41, 5.74) is 2.01. The first-order valence-corrected chi connectivity index (χ1v) is 8.54. The first-order chi connectivity index (χ1) is 11.4. The van der Waals surface area contributed by atoms with Crippen LogP contribution in [-0.2, 0) is 14.3 Å². The van der Waals surface area contributed by atoms with Gasteiger partial charge in [-0.05, 0) is 45.2 Å². The predicted molar refractivity (Wildman–Crippen MR) is 94.1 cm³/mol. The lowest BCUT2D eigenvalue weighted by Gasteiger charge is -2.28. The summed E-state index contributed by atoms with van der Waals surface area (Å²) in [5, 5.41) is 0. The first kappa shape index (κ1) is 20.0. The summed E-state index contributed by atoms with van der Waals surface area (Å²) in [5.74, 6) is 0.353. The minimum absolute atomic E-state index is 0.0289. The summed E-state index contributed by atoms with van der Waals surface area (Å²) in [6.07, 6.45) is 1.02. The molecule has 5 nitrogen and oxygen atoms in total. The zero-order valence-corrected chi connectivity index (χ0v) is 15.4. The zero-order valence-electron chi connectivity index (χ0n) is 15.4. The first-order valence-electron chi connectivity index (χ1n) is 8.54. The summed E-state index contributed by atoms with van der Waals surface area (Å²) in [6.45, 7) is 10.4. The van der Waals surface area contributed by atoms with Crippen molar-refractivity contribution < 1.29 is 19.1 Å². The predicted octanol–water partition coefficient (Wildman–Crippen LogP) is 3.26. The van der Waals surface area contributed by atoms with Crippen molar-refractivity contribution in [3.8, 4) is 5.75 Å². The number of benzene rings is 1. The summed E-state index contributed by atoms with van der Waals surface area (Å²) in [6, 6.07) is 5.93. The molecule has 5 heteroatoms. The lowest BCUT2D eigenvalue weighted by Crippen LogP contribution is -2.42. The van der Waals surface area contributed by atoms with Gasteiger partial charge in [-0.15, -0.1) is 0 Å². The third kappa shape index (κ3) is 5.87. The largest absolute Gasteiger partial charge is 0.483 e. The number of carbonyl (C=O) groups excluding carboxylic acids is 2. The average molecular weight is 335 g/mol. The van der Waals surface area contributed by atoms with Crippen molar-refractivity contribution in [3.63, 3.8) is 0 Å². The van der Waals surface area contributed by atoms with Gasteiger partial charge in [0.25, 0.3) is 5.91 Å². The topological polar surface area (TPSA) is 55.8 Å². The summed E-state index contributed by atoms with van der Waals surface area (Å²) >= 11 is 0. The molecule has 0 heterocycles. The lowest BCUT2D eigenvalue weighted by atomic mass is 10.1. The second-order valence-corrected chi connectivity index (χ2v) is 5.91. The second-order valence-electron chi connectivity index (χ2n) is 5.91. The van der Waals surface area contributed by atoms with Crippen molar-refractivity contribution in [1.29, 1.82) is 0 Å². The van der Waals surface area contributed by atoms with Crippen LogP contribution in [0.2, 0.25) is 0 Å². The van der Waals surface area contributed by atoms with Gasteiger partial charge in [0.2, 0.25) is 0 Å². The zero-order chi connectivity index (χ0) is 18.1. The summed E-state index contributed by atoms with van der Waals surface area (Å²) in [7, 11) is 0. The minimum atomic E-state index is -0.283. The Labute approximate surface area is 144 Å². The average Bonchev–Trinajstić information content (AvgIpc) is 2.54. The van der Waals surface area contributed by atoms with Crippen LogP contribution in [0, 0.1) is 13.8 Å². The van der Waals surface area contributed by atoms with Crippen LogP contribution in [0.3, 0.4) is 0 Å². The molecule has 24 heavy (non-hydrogen) atoms. The van der Waals surface area contributed by atoms with Crippen molar-refractivity contribution in [2.75, 3.05) is 19.8 Å². The fourth-order valence-corrected chi connectivity index (χ4v) is 2.50. The highest BCUT2D eigenvalue weighted by molar-refractivity contribution is 5.79. The van der Waals surface area contributed by atoms with E-state index in [2.05, 4.69) is 0 Å². The smallest absolute Gasteiger partial charge is 0.307 e. The van der Waals surface area contributed by atoms with Gasteiger partial charge in [-0.25, -0.2) is 0 Å². The van der Waals surface area contributed by atoms with Gasteiger partial charge in [-0.2, -0.15) is 0 Å². The van der Waals surface area contributed by atoms with Crippen LogP contribution >= 0.6 is 0 Å². The van der Waals surface area contributed by atoms with Gasteiger partial charge < -0.3 is 14.4 Å². The fourth-order valence-electron chi connectivity index (χ4n) is 2.50. The maximum Gasteiger partial charge on any atom is 0.307 e. The van der Waals surface area contributed by atoms with Crippen molar-refractivity contribution in [1.82, 2.24) is 4.90 Å². The molecular formula is C19H29NO4. The van der Waals surface area contributed by atoms with Crippen LogP contribution in [0.4, 0.5) is 0 Å². The Morgan fingerprint density at radius 1 is 1.17 bits per heavy atom. The molecule has 0 N–H and O–H groups in total. The normalized spacial score (nSPS) is 11.7. The van der Waals surface area contributed by atoms with Gasteiger partial charge in [0, 0.05) is 12.6 Å². The summed E-state index contributed by atoms with van der Waals surface area (Å²) < 4.78 is 10.7. The molecule has 0 spiro atoms. The van der Waals surface area contributed by atoms with Crippen LogP contribution in [-0.4, -0.2) is 42.6 Å². The van der Waals surface area contributed by atoms with E-state index >= 15 is 0 Å². The highest BCUT2D eigenvalue weighted by Crippen LogP contribution is 2.22. The number of rotatable bonds is 9. The molecule has 1 aromatic carbocycles. The van der Waals surface area contributed by atoms with Gasteiger partial charge in [0.15, 0.2) is 6.61 Å². The number of aryl methyl sites for hydroxylation is 2. The van der Waals surface area contributed by atoms with Crippen LogP contribution in [0.25, 0.3) is 0 Å². The van der Waals surface area contributed by atoms with E-state index in [4.69, 9.17) is 9.47 Å². The van der Waals surface area contributed by atoms with E-state index in [-0.39, 0.29) is 30.9 Å². The quantitative estimate of drug-likeness (QED) is 0.650. The third-order valence-corrected chi connectivity index (χ3v) is 4.05. The van der Waals surface area contributed by atoms with Crippen LogP contribution in [0.15, 0.2) is 18.2 Å². The molecule has 0 aliphatic rings. The number of para-hydroxylation sites is 1. The molecule has 0 saturated heterocycles. The molecular weight excluding hydrogens is 306 g/mol. The van der Waals surface area contributed by atoms with Gasteiger partial charge in [-0.1, -0.05) is 25.1 Å². The monoisotopic (exact) mass is 335 g/mol. The molecule has 0 fully saturated rings. The minimum Gasteiger partial charge on any atom is -0.483 e. The van der Waals surface area contributed by atoms with Crippen molar-refractivity contribution >= 4 is 11.9 Å². The molecule has 0 aliphatic carbocycles. The Balaban J connectivity index is 2.69. The van der Waals surface area contributed by atoms with Crippen LogP contribution in [0.5, 0.6) is 5.75 Å². The van der Waals surface area contributed by atoms with E-state index in [9.17, 15) is 9.59 Å². The Hall–Kier alpha value is -2.04. The molecule has 1 aromatic rings. The van der Waals surface area contributed by atoms with E-state index in [0.717, 1.165) is 23.3 Å². The van der Waals surface area contributed by atoms with Crippen LogP contribution < -0.4 is 4.74 Å². The Kier molecular flexibility index (Phi) is 8.30. The number of carbonyl (C=O) groups is 2. The highest BCUT2D eigenvalue weighted by atomic mass is 16.5. The molecule has 0 bridgehead atoms. The van der Waals surface area contributed by atoms with E-state index in [1.54, 1.807) is 11.8 Å². The van der Waals surface area contributed by atoms with Gasteiger partial charge in [0.05, 0.1) is 13.0 Å². The molecule has 1 atom stereocenters. The Morgan fingerprint density at radius 2 is 1.79 bits per heavy atom. The molecule has 0 aliphatic heterocycles. The van der Waals surface area contributed by atoms with Gasteiger partial charge in [-0.3, -0.25) is 9.59 Å². The Bertz CT molecular complexity index is 536. The van der Waals surface area contributed by atoms with E-state index in [1.165, 1.54) is 0 Å². The van der Waals surface area contributed by atoms with E-state index < -0.39 is 0 Å². The SMILES string of the molecule is CCOC(=O)CCN(C(=O)COc1c(C)cccc1C)[C@H](C)CC. The van der Waals surface area contributed by atoms with Crippen molar-refractivity contribution in [2.24, 2.45) is 0 Å². The molecule has 134 valence electrons. The molecule has 1 rings (SSSR count). The number of hydrogen-bond acceptors (Lipinski definition) is 4. The lowest BCUT2D eigenvalue weighted by molar-refractivity contribution is -0.144. The second kappa shape index (κ2) is 9.96. The standard InChI is InChI=1S/C19H29NO4/c1-6-16(5)20(12-11-18(22)23-7-2)17(21)13-24-19-14(3)9-8-10-15(19)4/h8-10,16H,6-7,11-13H2,1-5H3/t16-/m1/s1. The van der Waals surface area contributed by atoms with Gasteiger partial charge >= 0.3 is 5.97 Å². The maximum atomic E-state index is 12.6.